The van der Waals surface area contributed by atoms with Crippen LogP contribution in [0.5, 0.6) is 0 Å². The van der Waals surface area contributed by atoms with Crippen molar-refractivity contribution in [1.82, 2.24) is 5.32 Å². The van der Waals surface area contributed by atoms with Crippen molar-refractivity contribution in [2.24, 2.45) is 0 Å². The van der Waals surface area contributed by atoms with Crippen LogP contribution in [0.4, 0.5) is 10.5 Å². The number of carbonyl (C=O) groups is 1. The Morgan fingerprint density at radius 3 is 2.56 bits per heavy atom. The number of hydrogen-bond acceptors (Lipinski definition) is 1. The lowest BCUT2D eigenvalue weighted by Crippen LogP contribution is -2.40. The van der Waals surface area contributed by atoms with Crippen LogP contribution in [0.3, 0.4) is 0 Å². The number of hydrogen-bond donors (Lipinski definition) is 1. The number of benzene rings is 1. The fourth-order valence-corrected chi connectivity index (χ4v) is 1.62. The lowest BCUT2D eigenvalue weighted by molar-refractivity contribution is 0.246. The van der Waals surface area contributed by atoms with Gasteiger partial charge in [-0.2, -0.15) is 0 Å². The van der Waals surface area contributed by atoms with Gasteiger partial charge in [0.1, 0.15) is 0 Å². The fraction of sp³-hybridized carbons (Fsp3) is 0.462. The Labute approximate surface area is 97.5 Å². The van der Waals surface area contributed by atoms with Gasteiger partial charge in [0, 0.05) is 18.8 Å². The first-order valence-electron chi connectivity index (χ1n) is 5.81. The van der Waals surface area contributed by atoms with Crippen LogP contribution in [0.1, 0.15) is 25.8 Å². The van der Waals surface area contributed by atoms with E-state index in [0.29, 0.717) is 6.54 Å². The molecular weight excluding hydrogens is 200 g/mol. The number of urea groups is 1. The number of anilines is 1. The average molecular weight is 220 g/mol. The molecule has 0 saturated heterocycles. The van der Waals surface area contributed by atoms with E-state index in [0.717, 1.165) is 24.2 Å². The molecule has 0 radical (unpaired) electrons. The van der Waals surface area contributed by atoms with Crippen molar-refractivity contribution in [2.75, 3.05) is 18.0 Å². The van der Waals surface area contributed by atoms with E-state index in [4.69, 9.17) is 0 Å². The van der Waals surface area contributed by atoms with Crippen molar-refractivity contribution < 1.29 is 4.79 Å². The number of nitrogens with one attached hydrogen (secondary N) is 1. The number of amides is 2. The van der Waals surface area contributed by atoms with Crippen molar-refractivity contribution >= 4 is 11.7 Å². The summed E-state index contributed by atoms with van der Waals surface area (Å²) >= 11 is 0. The molecule has 0 aliphatic carbocycles. The molecule has 0 atom stereocenters. The van der Waals surface area contributed by atoms with Gasteiger partial charge in [-0.25, -0.2) is 4.79 Å². The van der Waals surface area contributed by atoms with E-state index < -0.39 is 0 Å². The summed E-state index contributed by atoms with van der Waals surface area (Å²) in [7, 11) is 0. The van der Waals surface area contributed by atoms with Crippen molar-refractivity contribution in [2.45, 2.75) is 27.2 Å². The minimum Gasteiger partial charge on any atom is -0.338 e. The largest absolute Gasteiger partial charge is 0.338 e. The van der Waals surface area contributed by atoms with Gasteiger partial charge < -0.3 is 5.32 Å². The van der Waals surface area contributed by atoms with E-state index in [1.165, 1.54) is 0 Å². The van der Waals surface area contributed by atoms with Crippen LogP contribution in [-0.2, 0) is 0 Å². The Bertz CT molecular complexity index is 350. The van der Waals surface area contributed by atoms with Crippen LogP contribution < -0.4 is 10.2 Å². The van der Waals surface area contributed by atoms with Crippen LogP contribution in [0.25, 0.3) is 0 Å². The molecule has 1 rings (SSSR count). The van der Waals surface area contributed by atoms with Crippen LogP contribution in [-0.4, -0.2) is 19.1 Å². The Kier molecular flexibility index (Phi) is 4.83. The van der Waals surface area contributed by atoms with Gasteiger partial charge in [0.05, 0.1) is 0 Å². The number of para-hydroxylation sites is 1. The van der Waals surface area contributed by atoms with Crippen LogP contribution in [0, 0.1) is 6.92 Å². The quantitative estimate of drug-likeness (QED) is 0.831. The van der Waals surface area contributed by atoms with Gasteiger partial charge in [-0.3, -0.25) is 4.90 Å². The van der Waals surface area contributed by atoms with Gasteiger partial charge in [-0.15, -0.1) is 0 Å². The molecule has 0 aliphatic rings. The summed E-state index contributed by atoms with van der Waals surface area (Å²) < 4.78 is 0. The molecule has 16 heavy (non-hydrogen) atoms. The molecule has 3 heteroatoms. The molecule has 1 N–H and O–H groups in total. The summed E-state index contributed by atoms with van der Waals surface area (Å²) in [4.78, 5) is 13.7. The maximum Gasteiger partial charge on any atom is 0.321 e. The first kappa shape index (κ1) is 12.6. The second-order valence-corrected chi connectivity index (χ2v) is 3.76. The van der Waals surface area contributed by atoms with Crippen LogP contribution in [0.15, 0.2) is 24.3 Å². The fourth-order valence-electron chi connectivity index (χ4n) is 1.62. The Morgan fingerprint density at radius 1 is 1.31 bits per heavy atom. The summed E-state index contributed by atoms with van der Waals surface area (Å²) in [6, 6.07) is 7.92. The zero-order valence-electron chi connectivity index (χ0n) is 10.3. The number of aryl methyl sites for hydroxylation is 1. The first-order valence-corrected chi connectivity index (χ1v) is 5.81. The molecule has 0 saturated carbocycles. The minimum atomic E-state index is -0.0151. The first-order chi connectivity index (χ1) is 7.70. The smallest absolute Gasteiger partial charge is 0.321 e. The standard InChI is InChI=1S/C13H20N2O/c1-4-10-14-13(16)15(5-2)12-9-7-6-8-11(12)3/h6-9H,4-5,10H2,1-3H3,(H,14,16). The van der Waals surface area contributed by atoms with E-state index in [1.807, 2.05) is 45.0 Å². The predicted octanol–water partition coefficient (Wildman–Crippen LogP) is 2.94. The van der Waals surface area contributed by atoms with Gasteiger partial charge >= 0.3 is 6.03 Å². The van der Waals surface area contributed by atoms with E-state index in [1.54, 1.807) is 4.90 Å². The van der Waals surface area contributed by atoms with E-state index in [2.05, 4.69) is 5.32 Å². The zero-order chi connectivity index (χ0) is 12.0. The lowest BCUT2D eigenvalue weighted by Gasteiger charge is -2.23. The average Bonchev–Trinajstić information content (AvgIpc) is 2.30. The predicted molar refractivity (Wildman–Crippen MR) is 67.9 cm³/mol. The molecule has 88 valence electrons. The summed E-state index contributed by atoms with van der Waals surface area (Å²) in [5, 5.41) is 2.90. The molecular formula is C13H20N2O. The monoisotopic (exact) mass is 220 g/mol. The van der Waals surface area contributed by atoms with E-state index in [-0.39, 0.29) is 6.03 Å². The topological polar surface area (TPSA) is 32.3 Å². The highest BCUT2D eigenvalue weighted by Gasteiger charge is 2.14. The molecule has 0 aliphatic heterocycles. The zero-order valence-corrected chi connectivity index (χ0v) is 10.3. The molecule has 0 spiro atoms. The summed E-state index contributed by atoms with van der Waals surface area (Å²) in [5.74, 6) is 0. The highest BCUT2D eigenvalue weighted by atomic mass is 16.2. The molecule has 1 aromatic carbocycles. The second-order valence-electron chi connectivity index (χ2n) is 3.76. The normalized spacial score (nSPS) is 9.94. The van der Waals surface area contributed by atoms with Crippen LogP contribution in [0.2, 0.25) is 0 Å². The Hall–Kier alpha value is -1.51. The highest BCUT2D eigenvalue weighted by molar-refractivity contribution is 5.92. The van der Waals surface area contributed by atoms with Gasteiger partial charge in [-0.1, -0.05) is 25.1 Å². The number of carbonyl (C=O) groups excluding carboxylic acids is 1. The molecule has 3 nitrogen and oxygen atoms in total. The van der Waals surface area contributed by atoms with Crippen molar-refractivity contribution in [3.8, 4) is 0 Å². The van der Waals surface area contributed by atoms with Crippen molar-refractivity contribution in [3.63, 3.8) is 0 Å². The summed E-state index contributed by atoms with van der Waals surface area (Å²) in [6.45, 7) is 7.45. The van der Waals surface area contributed by atoms with Gasteiger partial charge in [-0.05, 0) is 31.9 Å². The molecule has 0 unspecified atom stereocenters. The van der Waals surface area contributed by atoms with E-state index in [9.17, 15) is 4.79 Å². The number of nitrogens with zero attached hydrogens (tertiary/aromatic N) is 1. The molecule has 0 fully saturated rings. The third-order valence-corrected chi connectivity index (χ3v) is 2.49. The minimum absolute atomic E-state index is 0.0151. The van der Waals surface area contributed by atoms with Crippen molar-refractivity contribution in [3.05, 3.63) is 29.8 Å². The summed E-state index contributed by atoms with van der Waals surface area (Å²) in [6.07, 6.45) is 0.955. The summed E-state index contributed by atoms with van der Waals surface area (Å²) in [5.41, 5.74) is 2.11. The lowest BCUT2D eigenvalue weighted by atomic mass is 10.2. The number of rotatable bonds is 4. The van der Waals surface area contributed by atoms with Crippen LogP contribution >= 0.6 is 0 Å². The second kappa shape index (κ2) is 6.16. The third kappa shape index (κ3) is 2.99. The van der Waals surface area contributed by atoms with Crippen molar-refractivity contribution in [1.29, 1.82) is 0 Å². The van der Waals surface area contributed by atoms with Gasteiger partial charge in [0.2, 0.25) is 0 Å². The van der Waals surface area contributed by atoms with E-state index >= 15 is 0 Å². The maximum absolute atomic E-state index is 11.9. The Morgan fingerprint density at radius 2 is 2.00 bits per heavy atom. The molecule has 2 amide bonds. The third-order valence-electron chi connectivity index (χ3n) is 2.49. The molecule has 1 aromatic rings. The molecule has 0 heterocycles. The SMILES string of the molecule is CCCNC(=O)N(CC)c1ccccc1C. The van der Waals surface area contributed by atoms with Gasteiger partial charge in [0.15, 0.2) is 0 Å². The highest BCUT2D eigenvalue weighted by Crippen LogP contribution is 2.18. The van der Waals surface area contributed by atoms with Gasteiger partial charge in [0.25, 0.3) is 0 Å². The molecule has 0 bridgehead atoms. The Balaban J connectivity index is 2.82. The maximum atomic E-state index is 11.9. The molecule has 0 aromatic heterocycles.